The molecule has 0 aromatic rings. The summed E-state index contributed by atoms with van der Waals surface area (Å²) in [6.45, 7) is 7.41. The molecule has 3 fully saturated rings. The first kappa shape index (κ1) is 22.0. The largest absolute Gasteiger partial charge is 0.442 e. The second-order valence-electron chi connectivity index (χ2n) is 9.43. The molecule has 2 N–H and O–H groups in total. The van der Waals surface area contributed by atoms with E-state index in [1.807, 2.05) is 0 Å². The molecule has 1 saturated heterocycles. The molecule has 0 aromatic heterocycles. The minimum absolute atomic E-state index is 0.0172. The van der Waals surface area contributed by atoms with Crippen molar-refractivity contribution in [2.24, 2.45) is 23.2 Å². The van der Waals surface area contributed by atoms with Crippen LogP contribution in [0.2, 0.25) is 0 Å². The average Bonchev–Trinajstić information content (AvgIpc) is 2.66. The number of Topliss-reactive ketones (excluding diaryl/α,β-unsaturated/α-hetero) is 2. The highest BCUT2D eigenvalue weighted by molar-refractivity contribution is 8.13. The fraction of sp³-hybridized carbons (Fsp3) is 0.773. The minimum Gasteiger partial charge on any atom is -0.442 e. The molecule has 30 heavy (non-hydrogen) atoms. The van der Waals surface area contributed by atoms with Gasteiger partial charge in [0.2, 0.25) is 0 Å². The number of hydrogen-bond acceptors (Lipinski definition) is 8. The van der Waals surface area contributed by atoms with E-state index in [0.29, 0.717) is 29.9 Å². The number of hydrogen-bond donors (Lipinski definition) is 2. The number of fused-ring (bicyclic) bond motifs is 5. The quantitative estimate of drug-likeness (QED) is 0.632. The van der Waals surface area contributed by atoms with Crippen molar-refractivity contribution in [2.75, 3.05) is 12.4 Å². The van der Waals surface area contributed by atoms with E-state index in [1.165, 1.54) is 0 Å². The summed E-state index contributed by atoms with van der Waals surface area (Å²) in [4.78, 5) is 39.2. The molecule has 4 aliphatic rings. The maximum Gasteiger partial charge on any atom is 0.368 e. The molecule has 2 saturated carbocycles. The first-order chi connectivity index (χ1) is 14.0. The van der Waals surface area contributed by atoms with Crippen LogP contribution in [0.4, 0.5) is 4.79 Å². The average molecular weight is 439 g/mol. The molecule has 0 spiro atoms. The van der Waals surface area contributed by atoms with Crippen LogP contribution in [0.25, 0.3) is 0 Å². The number of ketones is 2. The first-order valence-electron chi connectivity index (χ1n) is 10.7. The summed E-state index contributed by atoms with van der Waals surface area (Å²) >= 11 is 0.948. The van der Waals surface area contributed by atoms with E-state index < -0.39 is 34.4 Å². The van der Waals surface area contributed by atoms with E-state index in [0.717, 1.165) is 11.8 Å². The predicted octanol–water partition coefficient (Wildman–Crippen LogP) is 2.28. The van der Waals surface area contributed by atoms with Crippen LogP contribution in [0.15, 0.2) is 11.1 Å². The SMILES string of the molecule is CCSC(=O)OC1C(=O)C2(C)C(O)CC3OCC3C2CC2(O)CC(=O)C(C)=C1C2C. The number of aliphatic hydroxyl groups excluding tert-OH is 1. The molecule has 1 heterocycles. The van der Waals surface area contributed by atoms with Gasteiger partial charge in [-0.05, 0) is 49.1 Å². The van der Waals surface area contributed by atoms with Gasteiger partial charge in [0.25, 0.3) is 0 Å². The summed E-state index contributed by atoms with van der Waals surface area (Å²) in [6.07, 6.45) is -1.91. The van der Waals surface area contributed by atoms with Crippen LogP contribution < -0.4 is 0 Å². The lowest BCUT2D eigenvalue weighted by Crippen LogP contribution is -2.67. The third-order valence-corrected chi connectivity index (χ3v) is 8.73. The molecule has 8 atom stereocenters. The number of thioether (sulfide) groups is 1. The number of carbonyl (C=O) groups excluding carboxylic acids is 3. The molecule has 8 unspecified atom stereocenters. The van der Waals surface area contributed by atoms with Gasteiger partial charge in [0.05, 0.1) is 29.8 Å². The van der Waals surface area contributed by atoms with E-state index in [4.69, 9.17) is 9.47 Å². The Morgan fingerprint density at radius 3 is 2.67 bits per heavy atom. The lowest BCUT2D eigenvalue weighted by molar-refractivity contribution is -0.236. The van der Waals surface area contributed by atoms with Gasteiger partial charge in [-0.3, -0.25) is 9.59 Å². The lowest BCUT2D eigenvalue weighted by Gasteiger charge is -2.59. The lowest BCUT2D eigenvalue weighted by atomic mass is 9.50. The molecule has 0 amide bonds. The maximum atomic E-state index is 14.0. The van der Waals surface area contributed by atoms with E-state index >= 15 is 0 Å². The summed E-state index contributed by atoms with van der Waals surface area (Å²) in [5, 5.41) is 22.1. The Morgan fingerprint density at radius 1 is 1.37 bits per heavy atom. The van der Waals surface area contributed by atoms with Gasteiger partial charge in [0.15, 0.2) is 17.7 Å². The van der Waals surface area contributed by atoms with E-state index in [1.54, 1.807) is 27.7 Å². The van der Waals surface area contributed by atoms with Crippen molar-refractivity contribution < 1.29 is 34.1 Å². The number of allylic oxidation sites excluding steroid dienone is 1. The predicted molar refractivity (Wildman–Crippen MR) is 110 cm³/mol. The third-order valence-electron chi connectivity index (χ3n) is 8.11. The van der Waals surface area contributed by atoms with Crippen molar-refractivity contribution in [1.82, 2.24) is 0 Å². The van der Waals surface area contributed by atoms with Crippen molar-refractivity contribution >= 4 is 28.6 Å². The number of ether oxygens (including phenoxy) is 2. The van der Waals surface area contributed by atoms with Crippen LogP contribution in [0.3, 0.4) is 0 Å². The van der Waals surface area contributed by atoms with Gasteiger partial charge in [0.1, 0.15) is 0 Å². The summed E-state index contributed by atoms with van der Waals surface area (Å²) < 4.78 is 11.3. The highest BCUT2D eigenvalue weighted by Gasteiger charge is 2.65. The molecule has 2 bridgehead atoms. The van der Waals surface area contributed by atoms with Crippen LogP contribution in [-0.4, -0.2) is 63.4 Å². The van der Waals surface area contributed by atoms with Crippen molar-refractivity contribution in [3.05, 3.63) is 11.1 Å². The van der Waals surface area contributed by atoms with Gasteiger partial charge in [-0.2, -0.15) is 0 Å². The third kappa shape index (κ3) is 3.02. The Bertz CT molecular complexity index is 822. The Kier molecular flexibility index (Phi) is 5.45. The van der Waals surface area contributed by atoms with Crippen molar-refractivity contribution in [1.29, 1.82) is 0 Å². The zero-order chi connectivity index (χ0) is 22.0. The molecule has 3 aliphatic carbocycles. The molecule has 166 valence electrons. The van der Waals surface area contributed by atoms with Crippen LogP contribution in [-0.2, 0) is 19.1 Å². The first-order valence-corrected chi connectivity index (χ1v) is 11.7. The molecule has 8 heteroatoms. The molecule has 1 aliphatic heterocycles. The summed E-state index contributed by atoms with van der Waals surface area (Å²) in [6, 6.07) is 0. The highest BCUT2D eigenvalue weighted by Crippen LogP contribution is 2.58. The standard InChI is InChI=1S/C22H30O7S/c1-5-30-20(26)29-18-17-10(2)14(23)8-22(27,11(17)3)7-13-12-9-28-15(12)6-16(24)21(13,4)19(18)25/h11-13,15-16,18,24,27H,5-9H2,1-4H3. The molecular weight excluding hydrogens is 408 g/mol. The van der Waals surface area contributed by atoms with E-state index in [9.17, 15) is 24.6 Å². The number of aliphatic hydroxyl groups is 2. The Morgan fingerprint density at radius 2 is 2.07 bits per heavy atom. The van der Waals surface area contributed by atoms with Gasteiger partial charge < -0.3 is 19.7 Å². The maximum absolute atomic E-state index is 14.0. The van der Waals surface area contributed by atoms with Crippen LogP contribution in [0.5, 0.6) is 0 Å². The summed E-state index contributed by atoms with van der Waals surface area (Å²) in [5.41, 5.74) is -1.81. The fourth-order valence-corrected chi connectivity index (χ4v) is 6.41. The summed E-state index contributed by atoms with van der Waals surface area (Å²) in [5.74, 6) is -1.000. The smallest absolute Gasteiger partial charge is 0.368 e. The minimum atomic E-state index is -1.36. The van der Waals surface area contributed by atoms with Gasteiger partial charge in [-0.15, -0.1) is 0 Å². The van der Waals surface area contributed by atoms with Crippen LogP contribution in [0.1, 0.15) is 47.0 Å². The van der Waals surface area contributed by atoms with E-state index in [-0.39, 0.29) is 42.3 Å². The Labute approximate surface area is 180 Å². The van der Waals surface area contributed by atoms with Crippen molar-refractivity contribution in [3.8, 4) is 0 Å². The zero-order valence-corrected chi connectivity index (χ0v) is 18.7. The monoisotopic (exact) mass is 438 g/mol. The van der Waals surface area contributed by atoms with Gasteiger partial charge in [0, 0.05) is 30.4 Å². The molecule has 4 rings (SSSR count). The van der Waals surface area contributed by atoms with Gasteiger partial charge >= 0.3 is 5.30 Å². The number of rotatable bonds is 2. The van der Waals surface area contributed by atoms with Gasteiger partial charge in [-0.25, -0.2) is 4.79 Å². The zero-order valence-electron chi connectivity index (χ0n) is 17.8. The topological polar surface area (TPSA) is 110 Å². The highest BCUT2D eigenvalue weighted by atomic mass is 32.2. The van der Waals surface area contributed by atoms with Crippen LogP contribution in [0, 0.1) is 23.2 Å². The van der Waals surface area contributed by atoms with Crippen LogP contribution >= 0.6 is 11.8 Å². The fourth-order valence-electron chi connectivity index (χ4n) is 6.01. The Balaban J connectivity index is 1.87. The summed E-state index contributed by atoms with van der Waals surface area (Å²) in [7, 11) is 0. The second kappa shape index (κ2) is 7.43. The molecule has 0 aromatic carbocycles. The van der Waals surface area contributed by atoms with Crippen molar-refractivity contribution in [2.45, 2.75) is 70.9 Å². The van der Waals surface area contributed by atoms with Gasteiger partial charge in [-0.1, -0.05) is 13.8 Å². The molecular formula is C22H30O7S. The number of carbonyl (C=O) groups is 3. The molecule has 0 radical (unpaired) electrons. The normalized spacial score (nSPS) is 45.7. The van der Waals surface area contributed by atoms with Crippen molar-refractivity contribution in [3.63, 3.8) is 0 Å². The second-order valence-corrected chi connectivity index (χ2v) is 10.6. The van der Waals surface area contributed by atoms with E-state index in [2.05, 4.69) is 0 Å². The Hall–Kier alpha value is -1.22. The molecule has 7 nitrogen and oxygen atoms in total.